The van der Waals surface area contributed by atoms with Crippen LogP contribution in [0.1, 0.15) is 69.2 Å². The van der Waals surface area contributed by atoms with Gasteiger partial charge in [-0.3, -0.25) is 43.7 Å². The summed E-state index contributed by atoms with van der Waals surface area (Å²) in [5, 5.41) is 5.64. The van der Waals surface area contributed by atoms with Gasteiger partial charge in [-0.2, -0.15) is 12.7 Å². The maximum atomic E-state index is 15.6. The molecule has 18 nitrogen and oxygen atoms in total. The van der Waals surface area contributed by atoms with Crippen LogP contribution in [0.15, 0.2) is 67.1 Å². The molecule has 332 valence electrons. The quantitative estimate of drug-likeness (QED) is 0.0712. The first-order valence-electron chi connectivity index (χ1n) is 20.5. The minimum Gasteiger partial charge on any atom is -0.384 e. The van der Waals surface area contributed by atoms with Crippen molar-refractivity contribution in [2.24, 2.45) is 0 Å². The highest BCUT2D eigenvalue weighted by Crippen LogP contribution is 2.33. The van der Waals surface area contributed by atoms with Crippen LogP contribution in [0.2, 0.25) is 0 Å². The van der Waals surface area contributed by atoms with Gasteiger partial charge in [-0.25, -0.2) is 18.7 Å². The first-order valence-corrected chi connectivity index (χ1v) is 21.9. The number of aromatic amines is 1. The molecule has 21 heteroatoms. The van der Waals surface area contributed by atoms with Gasteiger partial charge >= 0.3 is 10.2 Å². The van der Waals surface area contributed by atoms with E-state index in [4.69, 9.17) is 0 Å². The lowest BCUT2D eigenvalue weighted by atomic mass is 10.00. The van der Waals surface area contributed by atoms with Crippen molar-refractivity contribution in [3.8, 4) is 11.1 Å². The molecule has 8 rings (SSSR count). The Balaban J connectivity index is 0.854. The number of benzene rings is 2. The fraction of sp³-hybridized carbons (Fsp3) is 0.302. The molecule has 4 N–H and O–H groups in total. The monoisotopic (exact) mass is 896 g/mol. The minimum atomic E-state index is -4.16. The van der Waals surface area contributed by atoms with Crippen molar-refractivity contribution in [2.45, 2.75) is 38.6 Å². The fourth-order valence-corrected chi connectivity index (χ4v) is 8.85. The van der Waals surface area contributed by atoms with Gasteiger partial charge in [0.1, 0.15) is 23.3 Å². The molecule has 1 atom stereocenters. The first kappa shape index (κ1) is 43.5. The molecule has 64 heavy (non-hydrogen) atoms. The molecule has 3 aliphatic heterocycles. The Morgan fingerprint density at radius 1 is 0.938 bits per heavy atom. The lowest BCUT2D eigenvalue weighted by Gasteiger charge is -2.35. The fourth-order valence-electron chi connectivity index (χ4n) is 7.92. The van der Waals surface area contributed by atoms with Gasteiger partial charge in [0.25, 0.3) is 11.8 Å². The number of nitrogens with one attached hydrogen (secondary N) is 4. The Kier molecular flexibility index (Phi) is 11.9. The summed E-state index contributed by atoms with van der Waals surface area (Å²) in [6.45, 7) is 4.00. The Bertz CT molecular complexity index is 2850. The number of hydrogen-bond donors (Lipinski definition) is 4. The van der Waals surface area contributed by atoms with Crippen LogP contribution in [0, 0.1) is 11.6 Å². The Labute approximate surface area is 365 Å². The van der Waals surface area contributed by atoms with Gasteiger partial charge in [0, 0.05) is 106 Å². The number of amides is 5. The molecule has 1 unspecified atom stereocenters. The van der Waals surface area contributed by atoms with Crippen LogP contribution >= 0.6 is 0 Å². The van der Waals surface area contributed by atoms with E-state index in [9.17, 15) is 37.2 Å². The normalized spacial score (nSPS) is 16.7. The van der Waals surface area contributed by atoms with Crippen LogP contribution in [-0.4, -0.2) is 125 Å². The molecule has 5 aromatic rings. The van der Waals surface area contributed by atoms with E-state index in [0.29, 0.717) is 61.8 Å². The Morgan fingerprint density at radius 2 is 1.70 bits per heavy atom. The SMILES string of the molecule is CCN(C)S(=O)(=O)Nc1ccc(F)c(C(=O)c2c[nH]c3ncc(-c4ccc(N5CCN(C(=O)CCCNc6cccc7c6C(=O)N(C6CCC(=O)NC6=O)C7=O)CC5)nc4)cc23)c1F. The molecule has 5 amide bonds. The molecule has 0 spiro atoms. The van der Waals surface area contributed by atoms with Gasteiger partial charge < -0.3 is 20.1 Å². The van der Waals surface area contributed by atoms with Crippen molar-refractivity contribution in [2.75, 3.05) is 61.3 Å². The van der Waals surface area contributed by atoms with E-state index in [1.54, 1.807) is 42.4 Å². The molecule has 6 heterocycles. The van der Waals surface area contributed by atoms with Gasteiger partial charge in [-0.05, 0) is 55.3 Å². The van der Waals surface area contributed by atoms with Crippen LogP contribution in [0.3, 0.4) is 0 Å². The highest BCUT2D eigenvalue weighted by atomic mass is 32.2. The van der Waals surface area contributed by atoms with E-state index in [0.717, 1.165) is 21.3 Å². The largest absolute Gasteiger partial charge is 0.384 e. The third-order valence-electron chi connectivity index (χ3n) is 11.6. The number of halogens is 2. The van der Waals surface area contributed by atoms with E-state index in [1.165, 1.54) is 19.3 Å². The van der Waals surface area contributed by atoms with Crippen molar-refractivity contribution >= 4 is 73.8 Å². The van der Waals surface area contributed by atoms with Crippen molar-refractivity contribution < 1.29 is 46.0 Å². The number of H-pyrrole nitrogens is 1. The number of carbonyl (C=O) groups excluding carboxylic acids is 6. The average molecular weight is 897 g/mol. The number of nitrogens with zero attached hydrogens (tertiary/aromatic N) is 6. The van der Waals surface area contributed by atoms with E-state index in [-0.39, 0.29) is 59.4 Å². The van der Waals surface area contributed by atoms with Gasteiger partial charge in [0.05, 0.1) is 22.4 Å². The van der Waals surface area contributed by atoms with Crippen LogP contribution in [-0.2, 0) is 24.6 Å². The predicted octanol–water partition coefficient (Wildman–Crippen LogP) is 3.68. The third-order valence-corrected chi connectivity index (χ3v) is 13.1. The zero-order valence-corrected chi connectivity index (χ0v) is 35.4. The molecular weight excluding hydrogens is 855 g/mol. The summed E-state index contributed by atoms with van der Waals surface area (Å²) in [6.07, 6.45) is 5.26. The van der Waals surface area contributed by atoms with Gasteiger partial charge in [-0.15, -0.1) is 0 Å². The topological polar surface area (TPSA) is 227 Å². The maximum absolute atomic E-state index is 15.6. The van der Waals surface area contributed by atoms with E-state index >= 15 is 8.78 Å². The summed E-state index contributed by atoms with van der Waals surface area (Å²) in [4.78, 5) is 94.0. The highest BCUT2D eigenvalue weighted by Gasteiger charge is 2.45. The van der Waals surface area contributed by atoms with E-state index < -0.39 is 68.5 Å². The number of pyridine rings is 2. The highest BCUT2D eigenvalue weighted by molar-refractivity contribution is 7.90. The second kappa shape index (κ2) is 17.6. The van der Waals surface area contributed by atoms with Gasteiger partial charge in [-0.1, -0.05) is 13.0 Å². The van der Waals surface area contributed by atoms with Crippen molar-refractivity contribution in [3.63, 3.8) is 0 Å². The van der Waals surface area contributed by atoms with Crippen molar-refractivity contribution in [1.82, 2.24) is 34.4 Å². The molecular formula is C43H42F2N10O8S. The summed E-state index contributed by atoms with van der Waals surface area (Å²) < 4.78 is 58.7. The predicted molar refractivity (Wildman–Crippen MR) is 230 cm³/mol. The number of anilines is 3. The smallest absolute Gasteiger partial charge is 0.301 e. The second-order valence-electron chi connectivity index (χ2n) is 15.4. The molecule has 0 bridgehead atoms. The summed E-state index contributed by atoms with van der Waals surface area (Å²) in [5.74, 6) is -5.24. The summed E-state index contributed by atoms with van der Waals surface area (Å²) in [5.41, 5.74) is 0.667. The second-order valence-corrected chi connectivity index (χ2v) is 17.2. The van der Waals surface area contributed by atoms with Crippen LogP contribution in [0.4, 0.5) is 26.0 Å². The van der Waals surface area contributed by atoms with E-state index in [2.05, 4.69) is 30.3 Å². The molecule has 3 aliphatic rings. The molecule has 0 radical (unpaired) electrons. The first-order chi connectivity index (χ1) is 30.7. The lowest BCUT2D eigenvalue weighted by Crippen LogP contribution is -2.54. The third kappa shape index (κ3) is 8.26. The zero-order chi connectivity index (χ0) is 45.4. The van der Waals surface area contributed by atoms with Crippen LogP contribution in [0.25, 0.3) is 22.2 Å². The molecule has 0 aliphatic carbocycles. The average Bonchev–Trinajstić information content (AvgIpc) is 3.83. The van der Waals surface area contributed by atoms with Crippen molar-refractivity contribution in [1.29, 1.82) is 0 Å². The number of ketones is 1. The Morgan fingerprint density at radius 3 is 2.42 bits per heavy atom. The number of rotatable bonds is 14. The number of fused-ring (bicyclic) bond motifs is 2. The lowest BCUT2D eigenvalue weighted by molar-refractivity contribution is -0.136. The minimum absolute atomic E-state index is 0.0222. The number of piperazine rings is 1. The molecule has 2 saturated heterocycles. The maximum Gasteiger partial charge on any atom is 0.301 e. The summed E-state index contributed by atoms with van der Waals surface area (Å²) in [6, 6.07) is 10.8. The van der Waals surface area contributed by atoms with Crippen LogP contribution in [0.5, 0.6) is 0 Å². The summed E-state index contributed by atoms with van der Waals surface area (Å²) in [7, 11) is -2.88. The van der Waals surface area contributed by atoms with E-state index in [1.807, 2.05) is 17.0 Å². The van der Waals surface area contributed by atoms with Crippen LogP contribution < -0.4 is 20.3 Å². The molecule has 3 aromatic heterocycles. The standard InChI is InChI=1S/C43H42F2N10O8S/c1-3-52(2)64(62,63)51-31-11-10-29(44)37(38(31)45)39(58)28-23-49-40-27(28)20-25(22-48-40)24-9-13-33(47-21-24)53-16-18-54(19-17-53)35(57)8-5-15-46-30-7-4-6-26-36(30)43(61)55(42(26)60)32-12-14-34(56)50-41(32)59/h4,6-7,9-11,13,20-23,32,46,51H,3,5,8,12,14-19H2,1-2H3,(H,48,49)(H,50,56,59). The number of carbonyl (C=O) groups is 6. The molecule has 0 saturated carbocycles. The Hall–Kier alpha value is -7.13. The number of aromatic nitrogens is 3. The number of imide groups is 2. The zero-order valence-electron chi connectivity index (χ0n) is 34.6. The summed E-state index contributed by atoms with van der Waals surface area (Å²) >= 11 is 0. The van der Waals surface area contributed by atoms with Crippen molar-refractivity contribution in [3.05, 3.63) is 101 Å². The van der Waals surface area contributed by atoms with Gasteiger partial charge in [0.15, 0.2) is 5.82 Å². The van der Waals surface area contributed by atoms with Gasteiger partial charge in [0.2, 0.25) is 23.5 Å². The molecule has 2 fully saturated rings. The number of piperidine rings is 1. The number of hydrogen-bond acceptors (Lipinski definition) is 12. The molecule has 2 aromatic carbocycles.